The molecular weight excluding hydrogens is 366 g/mol. The summed E-state index contributed by atoms with van der Waals surface area (Å²) in [4.78, 5) is 2.53. The van der Waals surface area contributed by atoms with E-state index in [-0.39, 0.29) is 0 Å². The summed E-state index contributed by atoms with van der Waals surface area (Å²) < 4.78 is 0. The van der Waals surface area contributed by atoms with Gasteiger partial charge in [0.15, 0.2) is 0 Å². The molecule has 3 nitrogen and oxygen atoms in total. The zero-order chi connectivity index (χ0) is 20.2. The molecule has 0 bridgehead atoms. The molecule has 0 fully saturated rings. The maximum absolute atomic E-state index is 3.53. The molecule has 3 heteroatoms. The lowest BCUT2D eigenvalue weighted by Crippen LogP contribution is -2.35. The monoisotopic (exact) mass is 393 g/mol. The fourth-order valence-electron chi connectivity index (χ4n) is 4.37. The van der Waals surface area contributed by atoms with Gasteiger partial charge in [-0.3, -0.25) is 4.90 Å². The third kappa shape index (κ3) is 4.03. The van der Waals surface area contributed by atoms with Gasteiger partial charge in [-0.1, -0.05) is 72.8 Å². The molecule has 0 radical (unpaired) electrons. The predicted molar refractivity (Wildman–Crippen MR) is 127 cm³/mol. The van der Waals surface area contributed by atoms with Crippen molar-refractivity contribution in [2.75, 3.05) is 26.2 Å². The van der Waals surface area contributed by atoms with Gasteiger partial charge >= 0.3 is 0 Å². The van der Waals surface area contributed by atoms with Crippen molar-refractivity contribution >= 4 is 21.5 Å². The van der Waals surface area contributed by atoms with Crippen LogP contribution >= 0.6 is 0 Å². The summed E-state index contributed by atoms with van der Waals surface area (Å²) in [5, 5.41) is 12.4. The van der Waals surface area contributed by atoms with E-state index in [9.17, 15) is 0 Å². The van der Waals surface area contributed by atoms with Crippen molar-refractivity contribution in [3.8, 4) is 0 Å². The molecular formula is C27H27N3. The van der Waals surface area contributed by atoms with Crippen molar-refractivity contribution in [3.05, 3.63) is 108 Å². The molecule has 0 unspecified atom stereocenters. The van der Waals surface area contributed by atoms with Crippen LogP contribution in [0.1, 0.15) is 5.56 Å². The number of hydrogen-bond acceptors (Lipinski definition) is 3. The first-order valence-corrected chi connectivity index (χ1v) is 10.7. The molecule has 0 saturated carbocycles. The number of fused-ring (bicyclic) bond motifs is 2. The molecule has 3 aromatic carbocycles. The molecule has 2 aliphatic heterocycles. The quantitative estimate of drug-likeness (QED) is 0.585. The summed E-state index contributed by atoms with van der Waals surface area (Å²) >= 11 is 0. The van der Waals surface area contributed by atoms with Gasteiger partial charge in [-0.15, -0.1) is 0 Å². The van der Waals surface area contributed by atoms with Crippen molar-refractivity contribution in [2.24, 2.45) is 0 Å². The molecule has 150 valence electrons. The second-order valence-corrected chi connectivity index (χ2v) is 7.94. The minimum absolute atomic E-state index is 0.893. The van der Waals surface area contributed by atoms with Gasteiger partial charge in [0, 0.05) is 44.1 Å². The normalized spacial score (nSPS) is 15.8. The number of nitrogens with one attached hydrogen (secondary N) is 2. The number of dihydropyridines is 2. The molecule has 2 heterocycles. The first kappa shape index (κ1) is 18.7. The Labute approximate surface area is 178 Å². The number of allylic oxidation sites excluding steroid dienone is 4. The van der Waals surface area contributed by atoms with Crippen LogP contribution in [0.2, 0.25) is 0 Å². The van der Waals surface area contributed by atoms with Crippen LogP contribution in [0.3, 0.4) is 0 Å². The highest BCUT2D eigenvalue weighted by atomic mass is 15.2. The summed E-state index contributed by atoms with van der Waals surface area (Å²) in [7, 11) is 0. The van der Waals surface area contributed by atoms with Gasteiger partial charge in [0.25, 0.3) is 0 Å². The lowest BCUT2D eigenvalue weighted by atomic mass is 9.96. The van der Waals surface area contributed by atoms with Crippen molar-refractivity contribution in [2.45, 2.75) is 6.54 Å². The summed E-state index contributed by atoms with van der Waals surface area (Å²) in [5.41, 5.74) is 3.95. The standard InChI is InChI=1S/C27H27N3/c1-3-13-25-21(9-1)17-22-10-2-4-14-26(22)27(25)20-30(18-23-11-5-7-15-28-23)19-24-12-6-8-16-29-24/h1-14,17,28-29H,15-16,18-20H2. The minimum Gasteiger partial charge on any atom is -0.384 e. The number of rotatable bonds is 6. The van der Waals surface area contributed by atoms with Crippen LogP contribution in [0.15, 0.2) is 102 Å². The van der Waals surface area contributed by atoms with E-state index in [2.05, 4.69) is 107 Å². The van der Waals surface area contributed by atoms with Crippen LogP contribution in [0.4, 0.5) is 0 Å². The largest absolute Gasteiger partial charge is 0.384 e. The Balaban J connectivity index is 1.55. The van der Waals surface area contributed by atoms with Crippen molar-refractivity contribution in [1.82, 2.24) is 15.5 Å². The second-order valence-electron chi connectivity index (χ2n) is 7.94. The Morgan fingerprint density at radius 3 is 1.70 bits per heavy atom. The Kier molecular flexibility index (Phi) is 5.36. The van der Waals surface area contributed by atoms with Crippen LogP contribution in [0, 0.1) is 0 Å². The molecule has 3 aromatic rings. The summed E-state index contributed by atoms with van der Waals surface area (Å²) in [5.74, 6) is 0. The average Bonchev–Trinajstić information content (AvgIpc) is 2.80. The van der Waals surface area contributed by atoms with E-state index in [4.69, 9.17) is 0 Å². The van der Waals surface area contributed by atoms with Crippen LogP contribution < -0.4 is 10.6 Å². The van der Waals surface area contributed by atoms with Crippen LogP contribution in [0.5, 0.6) is 0 Å². The van der Waals surface area contributed by atoms with E-state index in [1.54, 1.807) is 0 Å². The van der Waals surface area contributed by atoms with Gasteiger partial charge in [-0.05, 0) is 45.3 Å². The van der Waals surface area contributed by atoms with E-state index < -0.39 is 0 Å². The smallest absolute Gasteiger partial charge is 0.0389 e. The van der Waals surface area contributed by atoms with E-state index >= 15 is 0 Å². The van der Waals surface area contributed by atoms with Gasteiger partial charge in [0.05, 0.1) is 0 Å². The van der Waals surface area contributed by atoms with E-state index in [1.165, 1.54) is 38.5 Å². The first-order valence-electron chi connectivity index (χ1n) is 10.7. The average molecular weight is 394 g/mol. The topological polar surface area (TPSA) is 27.3 Å². The van der Waals surface area contributed by atoms with E-state index in [1.807, 2.05) is 0 Å². The van der Waals surface area contributed by atoms with Crippen LogP contribution in [0.25, 0.3) is 21.5 Å². The summed E-state index contributed by atoms with van der Waals surface area (Å²) in [6.45, 7) is 4.49. The molecule has 0 aromatic heterocycles. The molecule has 2 aliphatic rings. The molecule has 0 saturated heterocycles. The van der Waals surface area contributed by atoms with Crippen molar-refractivity contribution in [1.29, 1.82) is 0 Å². The molecule has 0 amide bonds. The van der Waals surface area contributed by atoms with E-state index in [0.29, 0.717) is 0 Å². The van der Waals surface area contributed by atoms with E-state index in [0.717, 1.165) is 32.7 Å². The number of nitrogens with zero attached hydrogens (tertiary/aromatic N) is 1. The van der Waals surface area contributed by atoms with Crippen LogP contribution in [-0.4, -0.2) is 31.1 Å². The Hall–Kier alpha value is -3.30. The highest BCUT2D eigenvalue weighted by Gasteiger charge is 2.16. The lowest BCUT2D eigenvalue weighted by molar-refractivity contribution is 0.303. The fourth-order valence-corrected chi connectivity index (χ4v) is 4.37. The molecule has 0 spiro atoms. The SMILES string of the molecule is C1=CCNC(CN(CC2=CC=CCN2)Cc2c3ccccc3cc3ccccc23)=C1. The lowest BCUT2D eigenvalue weighted by Gasteiger charge is -2.28. The molecule has 5 rings (SSSR count). The minimum atomic E-state index is 0.893. The maximum Gasteiger partial charge on any atom is 0.0389 e. The third-order valence-electron chi connectivity index (χ3n) is 5.81. The Morgan fingerprint density at radius 2 is 1.20 bits per heavy atom. The van der Waals surface area contributed by atoms with Crippen molar-refractivity contribution < 1.29 is 0 Å². The molecule has 30 heavy (non-hydrogen) atoms. The van der Waals surface area contributed by atoms with Gasteiger partial charge in [-0.2, -0.15) is 0 Å². The first-order chi connectivity index (χ1) is 14.9. The third-order valence-corrected chi connectivity index (χ3v) is 5.81. The fraction of sp³-hybridized carbons (Fsp3) is 0.185. The second kappa shape index (κ2) is 8.60. The summed E-state index contributed by atoms with van der Waals surface area (Å²) in [6.07, 6.45) is 13.0. The zero-order valence-corrected chi connectivity index (χ0v) is 17.1. The Bertz CT molecular complexity index is 1100. The van der Waals surface area contributed by atoms with Gasteiger partial charge < -0.3 is 10.6 Å². The molecule has 0 atom stereocenters. The molecule has 2 N–H and O–H groups in total. The molecule has 0 aliphatic carbocycles. The highest BCUT2D eigenvalue weighted by molar-refractivity contribution is 6.02. The number of benzene rings is 3. The van der Waals surface area contributed by atoms with Gasteiger partial charge in [-0.25, -0.2) is 0 Å². The zero-order valence-electron chi connectivity index (χ0n) is 17.1. The maximum atomic E-state index is 3.53. The summed E-state index contributed by atoms with van der Waals surface area (Å²) in [6, 6.07) is 19.8. The van der Waals surface area contributed by atoms with Gasteiger partial charge in [0.1, 0.15) is 0 Å². The Morgan fingerprint density at radius 1 is 0.667 bits per heavy atom. The van der Waals surface area contributed by atoms with Gasteiger partial charge in [0.2, 0.25) is 0 Å². The predicted octanol–water partition coefficient (Wildman–Crippen LogP) is 4.88. The number of hydrogen-bond donors (Lipinski definition) is 2. The highest BCUT2D eigenvalue weighted by Crippen LogP contribution is 2.30. The van der Waals surface area contributed by atoms with Crippen LogP contribution in [-0.2, 0) is 6.54 Å². The van der Waals surface area contributed by atoms with Crippen molar-refractivity contribution in [3.63, 3.8) is 0 Å².